The quantitative estimate of drug-likeness (QED) is 0.813. The largest absolute Gasteiger partial charge is 0.481 e. The van der Waals surface area contributed by atoms with Gasteiger partial charge in [0.2, 0.25) is 5.91 Å². The van der Waals surface area contributed by atoms with Crippen LogP contribution in [0.5, 0.6) is 0 Å². The lowest BCUT2D eigenvalue weighted by atomic mass is 9.69. The molecule has 2 rings (SSSR count). The highest BCUT2D eigenvalue weighted by molar-refractivity contribution is 5.98. The molecular formula is C20H28N2O4. The van der Waals surface area contributed by atoms with Gasteiger partial charge in [-0.2, -0.15) is 0 Å². The second-order valence-corrected chi connectivity index (χ2v) is 7.59. The highest BCUT2D eigenvalue weighted by Gasteiger charge is 2.36. The Morgan fingerprint density at radius 3 is 2.35 bits per heavy atom. The molecule has 1 aromatic rings. The number of anilines is 1. The van der Waals surface area contributed by atoms with E-state index in [0.29, 0.717) is 11.3 Å². The Bertz CT molecular complexity index is 691. The molecule has 1 aliphatic rings. The van der Waals surface area contributed by atoms with Crippen molar-refractivity contribution in [3.05, 3.63) is 29.3 Å². The predicted octanol–water partition coefficient (Wildman–Crippen LogP) is 3.45. The van der Waals surface area contributed by atoms with Crippen molar-refractivity contribution < 1.29 is 19.5 Å². The summed E-state index contributed by atoms with van der Waals surface area (Å²) >= 11 is 0. The number of rotatable bonds is 6. The van der Waals surface area contributed by atoms with Crippen LogP contribution in [-0.2, 0) is 9.59 Å². The maximum atomic E-state index is 12.6. The van der Waals surface area contributed by atoms with Gasteiger partial charge >= 0.3 is 5.97 Å². The summed E-state index contributed by atoms with van der Waals surface area (Å²) in [5.41, 5.74) is 1.50. The van der Waals surface area contributed by atoms with Crippen molar-refractivity contribution in [1.82, 2.24) is 4.90 Å². The summed E-state index contributed by atoms with van der Waals surface area (Å²) in [4.78, 5) is 37.6. The first-order chi connectivity index (χ1) is 12.2. The van der Waals surface area contributed by atoms with E-state index in [1.54, 1.807) is 32.3 Å². The highest BCUT2D eigenvalue weighted by atomic mass is 16.4. The van der Waals surface area contributed by atoms with E-state index in [2.05, 4.69) is 5.32 Å². The maximum Gasteiger partial charge on any atom is 0.303 e. The number of amides is 2. The first-order valence-electron chi connectivity index (χ1n) is 9.06. The molecule has 6 nitrogen and oxygen atoms in total. The van der Waals surface area contributed by atoms with E-state index in [1.807, 2.05) is 6.92 Å². The smallest absolute Gasteiger partial charge is 0.303 e. The van der Waals surface area contributed by atoms with Gasteiger partial charge in [0, 0.05) is 31.8 Å². The van der Waals surface area contributed by atoms with Crippen molar-refractivity contribution in [3.8, 4) is 0 Å². The maximum absolute atomic E-state index is 12.6. The molecule has 26 heavy (non-hydrogen) atoms. The molecule has 0 bridgehead atoms. The van der Waals surface area contributed by atoms with E-state index in [-0.39, 0.29) is 24.7 Å². The van der Waals surface area contributed by atoms with Gasteiger partial charge in [0.15, 0.2) is 0 Å². The molecule has 0 saturated heterocycles. The molecule has 1 aromatic carbocycles. The molecule has 0 spiro atoms. The number of benzene rings is 1. The fourth-order valence-electron chi connectivity index (χ4n) is 3.76. The SMILES string of the molecule is Cc1ccc(NC(=O)CC2(CC(=O)O)CCCCC2)cc1C(=O)N(C)C. The van der Waals surface area contributed by atoms with Crippen LogP contribution in [0, 0.1) is 12.3 Å². The van der Waals surface area contributed by atoms with Crippen LogP contribution in [0.2, 0.25) is 0 Å². The number of carboxylic acids is 1. The van der Waals surface area contributed by atoms with Crippen LogP contribution in [0.15, 0.2) is 18.2 Å². The van der Waals surface area contributed by atoms with Crippen molar-refractivity contribution in [2.75, 3.05) is 19.4 Å². The number of hydrogen-bond donors (Lipinski definition) is 2. The zero-order valence-corrected chi connectivity index (χ0v) is 15.8. The third kappa shape index (κ3) is 5.07. The van der Waals surface area contributed by atoms with Crippen LogP contribution >= 0.6 is 0 Å². The number of nitrogens with zero attached hydrogens (tertiary/aromatic N) is 1. The molecule has 1 saturated carbocycles. The number of aryl methyl sites for hydroxylation is 1. The minimum absolute atomic E-state index is 0.0265. The van der Waals surface area contributed by atoms with Gasteiger partial charge in [-0.3, -0.25) is 14.4 Å². The van der Waals surface area contributed by atoms with Crippen molar-refractivity contribution in [3.63, 3.8) is 0 Å². The molecule has 0 atom stereocenters. The van der Waals surface area contributed by atoms with Crippen molar-refractivity contribution in [2.45, 2.75) is 51.9 Å². The molecule has 0 aromatic heterocycles. The van der Waals surface area contributed by atoms with E-state index >= 15 is 0 Å². The number of aliphatic carboxylic acids is 1. The molecule has 0 aliphatic heterocycles. The number of carbonyl (C=O) groups excluding carboxylic acids is 2. The highest BCUT2D eigenvalue weighted by Crippen LogP contribution is 2.42. The summed E-state index contributed by atoms with van der Waals surface area (Å²) in [7, 11) is 3.37. The first-order valence-corrected chi connectivity index (χ1v) is 9.06. The summed E-state index contributed by atoms with van der Waals surface area (Å²) in [6.45, 7) is 1.85. The lowest BCUT2D eigenvalue weighted by molar-refractivity contribution is -0.140. The molecule has 0 heterocycles. The summed E-state index contributed by atoms with van der Waals surface area (Å²) in [5, 5.41) is 12.1. The van der Waals surface area contributed by atoms with Gasteiger partial charge in [0.25, 0.3) is 5.91 Å². The Kier molecular flexibility index (Phi) is 6.40. The number of hydrogen-bond acceptors (Lipinski definition) is 3. The third-order valence-electron chi connectivity index (χ3n) is 5.13. The van der Waals surface area contributed by atoms with Gasteiger partial charge in [-0.15, -0.1) is 0 Å². The Balaban J connectivity index is 2.12. The minimum atomic E-state index is -0.853. The molecule has 0 unspecified atom stereocenters. The first kappa shape index (κ1) is 19.9. The average molecular weight is 360 g/mol. The summed E-state index contributed by atoms with van der Waals surface area (Å²) in [6, 6.07) is 5.25. The average Bonchev–Trinajstić information content (AvgIpc) is 2.55. The summed E-state index contributed by atoms with van der Waals surface area (Å²) < 4.78 is 0. The fourth-order valence-corrected chi connectivity index (χ4v) is 3.76. The van der Waals surface area contributed by atoms with E-state index in [1.165, 1.54) is 4.90 Å². The van der Waals surface area contributed by atoms with E-state index in [9.17, 15) is 19.5 Å². The lowest BCUT2D eigenvalue weighted by Crippen LogP contribution is -2.32. The summed E-state index contributed by atoms with van der Waals surface area (Å²) in [6.07, 6.45) is 4.79. The van der Waals surface area contributed by atoms with Gasteiger partial charge in [-0.25, -0.2) is 0 Å². The molecule has 0 radical (unpaired) electrons. The van der Waals surface area contributed by atoms with Crippen LogP contribution in [0.4, 0.5) is 5.69 Å². The van der Waals surface area contributed by atoms with Crippen LogP contribution < -0.4 is 5.32 Å². The second kappa shape index (κ2) is 8.34. The van der Waals surface area contributed by atoms with Crippen LogP contribution in [0.25, 0.3) is 0 Å². The van der Waals surface area contributed by atoms with Crippen molar-refractivity contribution in [1.29, 1.82) is 0 Å². The standard InChI is InChI=1S/C20H28N2O4/c1-14-7-8-15(11-16(14)19(26)22(2)3)21-17(23)12-20(13-18(24)25)9-5-4-6-10-20/h7-8,11H,4-6,9-10,12-13H2,1-3H3,(H,21,23)(H,24,25). The Labute approximate surface area is 154 Å². The molecule has 2 amide bonds. The van der Waals surface area contributed by atoms with Crippen LogP contribution in [-0.4, -0.2) is 41.9 Å². The molecule has 142 valence electrons. The van der Waals surface area contributed by atoms with Crippen LogP contribution in [0.1, 0.15) is 60.9 Å². The van der Waals surface area contributed by atoms with E-state index in [0.717, 1.165) is 37.7 Å². The van der Waals surface area contributed by atoms with E-state index < -0.39 is 11.4 Å². The van der Waals surface area contributed by atoms with Crippen molar-refractivity contribution in [2.24, 2.45) is 5.41 Å². The monoisotopic (exact) mass is 360 g/mol. The number of carbonyl (C=O) groups is 3. The van der Waals surface area contributed by atoms with Gasteiger partial charge in [0.1, 0.15) is 0 Å². The zero-order chi connectivity index (χ0) is 19.3. The predicted molar refractivity (Wildman–Crippen MR) is 100 cm³/mol. The van der Waals surface area contributed by atoms with E-state index in [4.69, 9.17) is 0 Å². The summed E-state index contributed by atoms with van der Waals surface area (Å²) in [5.74, 6) is -1.16. The fraction of sp³-hybridized carbons (Fsp3) is 0.550. The topological polar surface area (TPSA) is 86.7 Å². The molecule has 6 heteroatoms. The van der Waals surface area contributed by atoms with Gasteiger partial charge in [0.05, 0.1) is 6.42 Å². The minimum Gasteiger partial charge on any atom is -0.481 e. The Morgan fingerprint density at radius 1 is 1.12 bits per heavy atom. The number of nitrogens with one attached hydrogen (secondary N) is 1. The van der Waals surface area contributed by atoms with Crippen LogP contribution in [0.3, 0.4) is 0 Å². The molecular weight excluding hydrogens is 332 g/mol. The molecule has 1 aliphatic carbocycles. The van der Waals surface area contributed by atoms with Gasteiger partial charge in [-0.1, -0.05) is 25.3 Å². The Hall–Kier alpha value is -2.37. The van der Waals surface area contributed by atoms with Gasteiger partial charge < -0.3 is 15.3 Å². The normalized spacial score (nSPS) is 16.0. The molecule has 1 fully saturated rings. The van der Waals surface area contributed by atoms with Gasteiger partial charge in [-0.05, 0) is 42.9 Å². The Morgan fingerprint density at radius 2 is 1.77 bits per heavy atom. The molecule has 2 N–H and O–H groups in total. The van der Waals surface area contributed by atoms with Crippen molar-refractivity contribution >= 4 is 23.5 Å². The second-order valence-electron chi connectivity index (χ2n) is 7.59. The third-order valence-corrected chi connectivity index (χ3v) is 5.13. The zero-order valence-electron chi connectivity index (χ0n) is 15.8. The lowest BCUT2D eigenvalue weighted by Gasteiger charge is -2.35. The number of carboxylic acid groups (broad SMARTS) is 1.